The van der Waals surface area contributed by atoms with E-state index in [1.807, 2.05) is 232 Å². The Labute approximate surface area is 743 Å². The first kappa shape index (κ1) is 88.8. The maximum absolute atomic E-state index is 4.69. The summed E-state index contributed by atoms with van der Waals surface area (Å²) in [5.41, 5.74) is 34.5. The van der Waals surface area contributed by atoms with Crippen molar-refractivity contribution in [1.82, 2.24) is 29.9 Å². The van der Waals surface area contributed by atoms with Crippen LogP contribution in [0.1, 0.15) is 44.6 Å². The van der Waals surface area contributed by atoms with E-state index in [0.29, 0.717) is 0 Å². The van der Waals surface area contributed by atoms with Gasteiger partial charge < -0.3 is 29.9 Å². The molecule has 0 spiro atoms. The molecule has 0 unspecified atom stereocenters. The molecule has 1 aliphatic rings. The van der Waals surface area contributed by atoms with Gasteiger partial charge >= 0.3 is 0 Å². The first-order chi connectivity index (χ1) is 56.9. The monoisotopic (exact) mass is 2070 g/mol. The molecule has 8 heterocycles. The maximum Gasteiger partial charge on any atom is 0.213 e. The summed E-state index contributed by atoms with van der Waals surface area (Å²) in [4.78, 5) is 26.6. The number of hydrogen-bond donors (Lipinski definition) is 0. The van der Waals surface area contributed by atoms with Crippen molar-refractivity contribution >= 4 is 0 Å². The maximum atomic E-state index is 4.69. The van der Waals surface area contributed by atoms with Gasteiger partial charge in [-0.2, -0.15) is 4.57 Å². The smallest absolute Gasteiger partial charge is 0.213 e. The van der Waals surface area contributed by atoms with E-state index in [2.05, 4.69) is 270 Å². The molecule has 18 aromatic rings. The normalized spacial score (nSPS) is 10.2. The molecule has 1 aliphatic heterocycles. The van der Waals surface area contributed by atoms with Crippen molar-refractivity contribution in [3.8, 4) is 123 Å². The van der Waals surface area contributed by atoms with Crippen LogP contribution in [0.5, 0.6) is 0 Å². The van der Waals surface area contributed by atoms with Crippen molar-refractivity contribution in [1.29, 1.82) is 0 Å². The molecule has 0 atom stereocenters. The molecule has 10 heteroatoms. The van der Waals surface area contributed by atoms with Gasteiger partial charge in [-0.1, -0.05) is 201 Å². The van der Waals surface area contributed by atoms with Crippen LogP contribution in [-0.4, -0.2) is 29.9 Å². The van der Waals surface area contributed by atoms with E-state index in [1.54, 1.807) is 12.4 Å². The first-order valence-electron chi connectivity index (χ1n) is 38.8. The number of fused-ring (bicyclic) bond motifs is 3. The molecule has 11 aromatic carbocycles. The Morgan fingerprint density at radius 3 is 1.18 bits per heavy atom. The summed E-state index contributed by atoms with van der Waals surface area (Å²) in [6.45, 7) is 15.7. The number of aryl methyl sites for hydroxylation is 7. The van der Waals surface area contributed by atoms with Crippen LogP contribution in [0.4, 0.5) is 0 Å². The van der Waals surface area contributed by atoms with E-state index in [4.69, 9.17) is 0 Å². The van der Waals surface area contributed by atoms with Crippen LogP contribution in [0.15, 0.2) is 395 Å². The van der Waals surface area contributed by atoms with E-state index in [-0.39, 0.29) is 60.3 Å². The van der Waals surface area contributed by atoms with Crippen molar-refractivity contribution in [3.05, 3.63) is 476 Å². The Morgan fingerprint density at radius 2 is 0.689 bits per heavy atom. The predicted molar refractivity (Wildman–Crippen MR) is 477 cm³/mol. The number of benzene rings is 11. The summed E-state index contributed by atoms with van der Waals surface area (Å²) < 4.78 is 2.35. The summed E-state index contributed by atoms with van der Waals surface area (Å²) in [6, 6.07) is 140. The van der Waals surface area contributed by atoms with Gasteiger partial charge in [-0.15, -0.1) is 215 Å². The Bertz CT molecular complexity index is 5820. The molecule has 0 amide bonds. The fourth-order valence-electron chi connectivity index (χ4n) is 13.3. The first-order valence-corrected chi connectivity index (χ1v) is 38.8. The Hall–Kier alpha value is -12.6. The molecule has 7 aromatic heterocycles. The fourth-order valence-corrected chi connectivity index (χ4v) is 13.3. The van der Waals surface area contributed by atoms with Gasteiger partial charge in [-0.3, -0.25) is 0 Å². The van der Waals surface area contributed by atoms with Crippen molar-refractivity contribution < 1.29 is 64.9 Å². The molecule has 119 heavy (non-hydrogen) atoms. The number of nitrogens with zero attached hydrogens (tertiary/aromatic N) is 7. The minimum absolute atomic E-state index is 0. The molecule has 591 valence electrons. The third-order valence-electron chi connectivity index (χ3n) is 19.3. The average Bonchev–Trinajstić information content (AvgIpc) is 1.67. The third-order valence-corrected chi connectivity index (χ3v) is 19.3. The van der Waals surface area contributed by atoms with Crippen LogP contribution in [0.2, 0.25) is 0 Å². The van der Waals surface area contributed by atoms with E-state index in [9.17, 15) is 0 Å². The van der Waals surface area contributed by atoms with E-state index in [0.717, 1.165) is 79.8 Å². The van der Waals surface area contributed by atoms with E-state index in [1.165, 1.54) is 94.7 Å². The Balaban J connectivity index is 0.000000147. The molecule has 0 N–H and O–H groups in total. The van der Waals surface area contributed by atoms with Gasteiger partial charge in [0, 0.05) is 131 Å². The van der Waals surface area contributed by atoms with E-state index >= 15 is 0 Å². The Kier molecular flexibility index (Phi) is 34.2. The van der Waals surface area contributed by atoms with Gasteiger partial charge in [-0.25, -0.2) is 0 Å². The topological polar surface area (TPSA) is 81.2 Å². The second-order valence-corrected chi connectivity index (χ2v) is 27.9. The summed E-state index contributed by atoms with van der Waals surface area (Å²) in [5, 5.41) is 0. The minimum atomic E-state index is 0. The van der Waals surface area contributed by atoms with Crippen molar-refractivity contribution in [2.24, 2.45) is 0 Å². The van der Waals surface area contributed by atoms with Gasteiger partial charge in [0.25, 0.3) is 0 Å². The average molecular weight is 2070 g/mol. The summed E-state index contributed by atoms with van der Waals surface area (Å²) in [6.07, 6.45) is 11.6. The summed E-state index contributed by atoms with van der Waals surface area (Å²) in [5.74, 6) is 0. The van der Waals surface area contributed by atoms with Gasteiger partial charge in [0.1, 0.15) is 0 Å². The van der Waals surface area contributed by atoms with Crippen LogP contribution >= 0.6 is 0 Å². The van der Waals surface area contributed by atoms with Gasteiger partial charge in [0.05, 0.1) is 5.56 Å². The largest absolute Gasteiger partial charge is 0.305 e. The van der Waals surface area contributed by atoms with Gasteiger partial charge in [-0.05, 0) is 144 Å². The third kappa shape index (κ3) is 25.2. The zero-order valence-electron chi connectivity index (χ0n) is 67.4. The molecule has 0 saturated heterocycles. The van der Waals surface area contributed by atoms with Crippen LogP contribution < -0.4 is 4.57 Å². The summed E-state index contributed by atoms with van der Waals surface area (Å²) >= 11 is 0. The van der Waals surface area contributed by atoms with Crippen molar-refractivity contribution in [3.63, 3.8) is 0 Å². The fraction of sp³-hybridized carbons (Fsp3) is 0.0734. The standard InChI is InChI=1S/C20H18N.C19H16N.2C18H14N.C12H10N.2C11H8N.3Ir/c1-14-6-4-8-17(10-14)19-13-21-20(12-16(19)3)18-9-5-7-15(2)11-18;1-14-6-2-4-8-17(14)16-10-11-19-18-9-5-3-7-15(18)12-20(19)13-16;1-14-12-18(16-10-6-3-7-11-16)19-13-17(14)15-8-4-2-5-9-15;1-14-17(15-8-4-2-5-9-15)12-13-18(19-14)16-10-6-3-7-11-16;1-10-7-8-12(13-9-10)11-5-3-2-4-6-11;2*1-2-6-10(7-3-1)11-8-4-5-9-12-11;;;/h4-8,10-13H,1-3H3;2-11,13H,12H2,1H3;2*2-10,12-13H,1H3;2-5,7-9H,1H3;2*1-6,8-9H;;;/q-1;+1;5*-1;;;. The van der Waals surface area contributed by atoms with Crippen LogP contribution in [-0.2, 0) is 66.9 Å². The zero-order valence-corrected chi connectivity index (χ0v) is 74.6. The zero-order chi connectivity index (χ0) is 80.1. The van der Waals surface area contributed by atoms with Crippen LogP contribution in [0.25, 0.3) is 123 Å². The molecule has 0 fully saturated rings. The van der Waals surface area contributed by atoms with Crippen LogP contribution in [0, 0.1) is 84.9 Å². The molecule has 0 saturated carbocycles. The number of aromatic nitrogens is 7. The SMILES string of the molecule is Cc1cc(-c2[c-]cccc2)ncc1-c1ccccc1.Cc1cc[c-]c(-c2cc(C)c(-c3cccc(C)c3)cn2)c1.Cc1ccc(-c2[c-]cccc2)nc1.Cc1ccccc1-c1ccc2[n+](c1)Cc1ccccc1-2.Cc1nc(-c2[c-]cccc2)ccc1-c1ccccc1.[Ir].[Ir].[Ir].[c-]1ccccc1-c1ccccn1.[c-]1ccccc1-c1ccccn1. The molecule has 19 rings (SSSR count). The Morgan fingerprint density at radius 1 is 0.252 bits per heavy atom. The van der Waals surface area contributed by atoms with Crippen LogP contribution in [0.3, 0.4) is 0 Å². The molecular formula is C109H88Ir3N7-5. The number of rotatable bonds is 10. The second kappa shape index (κ2) is 45.8. The molecule has 0 aliphatic carbocycles. The molecular weight excluding hydrogens is 1980 g/mol. The molecule has 7 nitrogen and oxygen atoms in total. The number of pyridine rings is 7. The molecule has 0 bridgehead atoms. The van der Waals surface area contributed by atoms with E-state index < -0.39 is 0 Å². The van der Waals surface area contributed by atoms with Crippen molar-refractivity contribution in [2.75, 3.05) is 0 Å². The molecule has 3 radical (unpaired) electrons. The second-order valence-electron chi connectivity index (χ2n) is 27.9. The summed E-state index contributed by atoms with van der Waals surface area (Å²) in [7, 11) is 0. The van der Waals surface area contributed by atoms with Gasteiger partial charge in [0.2, 0.25) is 5.69 Å². The van der Waals surface area contributed by atoms with Crippen molar-refractivity contribution in [2.45, 2.75) is 55.0 Å². The van der Waals surface area contributed by atoms with Gasteiger partial charge in [0.15, 0.2) is 12.7 Å². The minimum Gasteiger partial charge on any atom is -0.305 e. The number of hydrogen-bond acceptors (Lipinski definition) is 6. The predicted octanol–water partition coefficient (Wildman–Crippen LogP) is 26.1. The quantitative estimate of drug-likeness (QED) is 0.100.